The quantitative estimate of drug-likeness (QED) is 0.875. The highest BCUT2D eigenvalue weighted by atomic mass is 16.4. The summed E-state index contributed by atoms with van der Waals surface area (Å²) in [5.74, 6) is -0.783. The van der Waals surface area contributed by atoms with Crippen LogP contribution in [0.1, 0.15) is 52.0 Å². The van der Waals surface area contributed by atoms with Crippen LogP contribution in [0.3, 0.4) is 0 Å². The maximum atomic E-state index is 10.9. The van der Waals surface area contributed by atoms with Crippen molar-refractivity contribution in [3.05, 3.63) is 29.8 Å². The van der Waals surface area contributed by atoms with E-state index in [1.807, 2.05) is 0 Å². The summed E-state index contributed by atoms with van der Waals surface area (Å²) >= 11 is 0. The van der Waals surface area contributed by atoms with Crippen molar-refractivity contribution < 1.29 is 9.90 Å². The molecule has 1 aromatic rings. The van der Waals surface area contributed by atoms with Crippen LogP contribution in [0, 0.1) is 5.92 Å². The van der Waals surface area contributed by atoms with Gasteiger partial charge in [-0.1, -0.05) is 32.9 Å². The van der Waals surface area contributed by atoms with Crippen LogP contribution >= 0.6 is 0 Å². The number of anilines is 1. The summed E-state index contributed by atoms with van der Waals surface area (Å²) in [4.78, 5) is 10.9. The van der Waals surface area contributed by atoms with Crippen LogP contribution in [0.15, 0.2) is 24.3 Å². The van der Waals surface area contributed by atoms with Crippen molar-refractivity contribution in [1.29, 1.82) is 0 Å². The number of nitrogens with one attached hydrogen (secondary N) is 1. The van der Waals surface area contributed by atoms with Gasteiger partial charge in [-0.15, -0.1) is 0 Å². The van der Waals surface area contributed by atoms with Crippen LogP contribution in [0.4, 0.5) is 5.69 Å². The zero-order valence-electron chi connectivity index (χ0n) is 12.6. The van der Waals surface area contributed by atoms with Crippen molar-refractivity contribution >= 4 is 11.7 Å². The Labute approximate surface area is 121 Å². The molecule has 20 heavy (non-hydrogen) atoms. The second kappa shape index (κ2) is 5.86. The second-order valence-corrected chi connectivity index (χ2v) is 6.86. The maximum Gasteiger partial charge on any atom is 0.306 e. The smallest absolute Gasteiger partial charge is 0.306 e. The molecule has 0 aliphatic heterocycles. The molecule has 0 atom stereocenters. The molecule has 0 spiro atoms. The molecule has 0 amide bonds. The van der Waals surface area contributed by atoms with Gasteiger partial charge in [0, 0.05) is 11.7 Å². The third kappa shape index (κ3) is 3.75. The maximum absolute atomic E-state index is 10.9. The van der Waals surface area contributed by atoms with E-state index in [-0.39, 0.29) is 11.3 Å². The highest BCUT2D eigenvalue weighted by molar-refractivity contribution is 5.70. The molecule has 1 aliphatic carbocycles. The van der Waals surface area contributed by atoms with Crippen molar-refractivity contribution in [2.24, 2.45) is 5.92 Å². The van der Waals surface area contributed by atoms with E-state index >= 15 is 0 Å². The predicted octanol–water partition coefficient (Wildman–Crippen LogP) is 4.04. The molecular weight excluding hydrogens is 250 g/mol. The molecule has 0 radical (unpaired) electrons. The van der Waals surface area contributed by atoms with Gasteiger partial charge in [0.1, 0.15) is 0 Å². The van der Waals surface area contributed by atoms with E-state index < -0.39 is 5.97 Å². The highest BCUT2D eigenvalue weighted by Crippen LogP contribution is 2.28. The van der Waals surface area contributed by atoms with E-state index in [0.717, 1.165) is 31.4 Å². The molecule has 2 N–H and O–H groups in total. The summed E-state index contributed by atoms with van der Waals surface area (Å²) in [7, 11) is 0. The molecular formula is C17H25NO2. The molecule has 0 unspecified atom stereocenters. The number of carboxylic acids is 1. The zero-order valence-corrected chi connectivity index (χ0v) is 12.6. The molecule has 3 heteroatoms. The van der Waals surface area contributed by atoms with Gasteiger partial charge in [-0.05, 0) is 48.8 Å². The Kier molecular flexibility index (Phi) is 4.36. The standard InChI is InChI=1S/C17H25NO2/c1-17(2,3)13-6-10-15(11-7-13)18-14-8-4-12(5-9-14)16(19)20/h6-7,10-12,14,18H,4-5,8-9H2,1-3H3,(H,19,20). The lowest BCUT2D eigenvalue weighted by atomic mass is 9.85. The summed E-state index contributed by atoms with van der Waals surface area (Å²) in [5.41, 5.74) is 2.65. The van der Waals surface area contributed by atoms with Crippen molar-refractivity contribution in [1.82, 2.24) is 0 Å². The lowest BCUT2D eigenvalue weighted by Gasteiger charge is -2.28. The number of aliphatic carboxylic acids is 1. The average Bonchev–Trinajstić information content (AvgIpc) is 2.39. The Morgan fingerprint density at radius 2 is 1.65 bits per heavy atom. The van der Waals surface area contributed by atoms with Crippen LogP contribution in [-0.4, -0.2) is 17.1 Å². The van der Waals surface area contributed by atoms with Crippen LogP contribution in [0.2, 0.25) is 0 Å². The zero-order chi connectivity index (χ0) is 14.8. The normalized spacial score (nSPS) is 23.4. The molecule has 0 heterocycles. The van der Waals surface area contributed by atoms with Gasteiger partial charge in [0.15, 0.2) is 0 Å². The summed E-state index contributed by atoms with van der Waals surface area (Å²) in [6.07, 6.45) is 3.45. The number of carbonyl (C=O) groups is 1. The van der Waals surface area contributed by atoms with Gasteiger partial charge in [0.05, 0.1) is 5.92 Å². The highest BCUT2D eigenvalue weighted by Gasteiger charge is 2.25. The fraction of sp³-hybridized carbons (Fsp3) is 0.588. The molecule has 1 saturated carbocycles. The second-order valence-electron chi connectivity index (χ2n) is 6.86. The fourth-order valence-corrected chi connectivity index (χ4v) is 2.79. The molecule has 1 aromatic carbocycles. The fourth-order valence-electron chi connectivity index (χ4n) is 2.79. The van der Waals surface area contributed by atoms with Crippen molar-refractivity contribution in [3.8, 4) is 0 Å². The van der Waals surface area contributed by atoms with E-state index in [1.165, 1.54) is 5.56 Å². The number of hydrogen-bond donors (Lipinski definition) is 2. The summed E-state index contributed by atoms with van der Waals surface area (Å²) in [6.45, 7) is 6.63. The van der Waals surface area contributed by atoms with Crippen LogP contribution in [-0.2, 0) is 10.2 Å². The van der Waals surface area contributed by atoms with E-state index in [0.29, 0.717) is 6.04 Å². The van der Waals surface area contributed by atoms with Crippen molar-refractivity contribution in [2.45, 2.75) is 57.9 Å². The predicted molar refractivity (Wildman–Crippen MR) is 82.1 cm³/mol. The molecule has 1 fully saturated rings. The van der Waals surface area contributed by atoms with Gasteiger partial charge >= 0.3 is 5.97 Å². The van der Waals surface area contributed by atoms with Crippen LogP contribution < -0.4 is 5.32 Å². The molecule has 2 rings (SSSR count). The minimum Gasteiger partial charge on any atom is -0.481 e. The number of rotatable bonds is 3. The lowest BCUT2D eigenvalue weighted by molar-refractivity contribution is -0.142. The number of benzene rings is 1. The third-order valence-corrected chi connectivity index (χ3v) is 4.20. The number of hydrogen-bond acceptors (Lipinski definition) is 2. The van der Waals surface area contributed by atoms with Gasteiger partial charge in [-0.25, -0.2) is 0 Å². The minimum atomic E-state index is -0.641. The topological polar surface area (TPSA) is 49.3 Å². The van der Waals surface area contributed by atoms with E-state index in [9.17, 15) is 4.79 Å². The lowest BCUT2D eigenvalue weighted by Crippen LogP contribution is -2.29. The summed E-state index contributed by atoms with van der Waals surface area (Å²) in [6, 6.07) is 9.01. The first kappa shape index (κ1) is 14.9. The molecule has 0 aromatic heterocycles. The molecule has 0 saturated heterocycles. The largest absolute Gasteiger partial charge is 0.481 e. The van der Waals surface area contributed by atoms with Gasteiger partial charge in [0.2, 0.25) is 0 Å². The van der Waals surface area contributed by atoms with E-state index in [1.54, 1.807) is 0 Å². The monoisotopic (exact) mass is 275 g/mol. The molecule has 1 aliphatic rings. The van der Waals surface area contributed by atoms with Gasteiger partial charge in [-0.2, -0.15) is 0 Å². The van der Waals surface area contributed by atoms with Crippen molar-refractivity contribution in [3.63, 3.8) is 0 Å². The Bertz CT molecular complexity index is 451. The summed E-state index contributed by atoms with van der Waals surface area (Å²) < 4.78 is 0. The Hall–Kier alpha value is -1.51. The van der Waals surface area contributed by atoms with Crippen LogP contribution in [0.25, 0.3) is 0 Å². The van der Waals surface area contributed by atoms with Gasteiger partial charge in [-0.3, -0.25) is 4.79 Å². The molecule has 3 nitrogen and oxygen atoms in total. The van der Waals surface area contributed by atoms with Gasteiger partial charge in [0.25, 0.3) is 0 Å². The molecule has 0 bridgehead atoms. The minimum absolute atomic E-state index is 0.142. The van der Waals surface area contributed by atoms with E-state index in [2.05, 4.69) is 50.4 Å². The number of carboxylic acid groups (broad SMARTS) is 1. The summed E-state index contributed by atoms with van der Waals surface area (Å²) in [5, 5.41) is 12.5. The first-order valence-electron chi connectivity index (χ1n) is 7.46. The molecule has 110 valence electrons. The first-order valence-corrected chi connectivity index (χ1v) is 7.46. The van der Waals surface area contributed by atoms with Gasteiger partial charge < -0.3 is 10.4 Å². The van der Waals surface area contributed by atoms with E-state index in [4.69, 9.17) is 5.11 Å². The third-order valence-electron chi connectivity index (χ3n) is 4.20. The van der Waals surface area contributed by atoms with Crippen LogP contribution in [0.5, 0.6) is 0 Å². The Balaban J connectivity index is 1.90. The Morgan fingerprint density at radius 1 is 1.10 bits per heavy atom. The Morgan fingerprint density at radius 3 is 2.10 bits per heavy atom. The average molecular weight is 275 g/mol. The van der Waals surface area contributed by atoms with Crippen molar-refractivity contribution in [2.75, 3.05) is 5.32 Å². The first-order chi connectivity index (χ1) is 9.36. The SMILES string of the molecule is CC(C)(C)c1ccc(NC2CCC(C(=O)O)CC2)cc1.